The molecule has 6 nitrogen and oxygen atoms in total. The number of nitrogens with zero attached hydrogens (tertiary/aromatic N) is 1. The molecule has 0 saturated carbocycles. The predicted molar refractivity (Wildman–Crippen MR) is 73.2 cm³/mol. The van der Waals surface area contributed by atoms with Crippen LogP contribution in [0.15, 0.2) is 0 Å². The second kappa shape index (κ2) is 9.61. The Morgan fingerprint density at radius 2 is 1.89 bits per heavy atom. The number of hydrogen-bond acceptors (Lipinski definition) is 3. The Morgan fingerprint density at radius 1 is 1.26 bits per heavy atom. The molecule has 0 bridgehead atoms. The first kappa shape index (κ1) is 17.7. The van der Waals surface area contributed by atoms with Gasteiger partial charge in [0.2, 0.25) is 0 Å². The summed E-state index contributed by atoms with van der Waals surface area (Å²) in [5, 5.41) is 11.4. The highest BCUT2D eigenvalue weighted by Crippen LogP contribution is 1.99. The van der Waals surface area contributed by atoms with E-state index in [9.17, 15) is 9.59 Å². The number of amides is 2. The van der Waals surface area contributed by atoms with Crippen molar-refractivity contribution in [3.63, 3.8) is 0 Å². The van der Waals surface area contributed by atoms with E-state index in [2.05, 4.69) is 19.2 Å². The molecule has 0 aliphatic rings. The molecule has 0 aliphatic heterocycles. The standard InChI is InChI=1S/C13H26N2O4/c1-10(2)9-19-7-5-6-14-13(18)15(11(3)4)8-12(16)17/h10-11H,5-9H2,1-4H3,(H,14,18)(H,16,17). The summed E-state index contributed by atoms with van der Waals surface area (Å²) in [5.41, 5.74) is 0. The number of carbonyl (C=O) groups is 2. The Labute approximate surface area is 115 Å². The molecule has 0 aliphatic carbocycles. The van der Waals surface area contributed by atoms with E-state index < -0.39 is 5.97 Å². The third-order valence-electron chi connectivity index (χ3n) is 2.38. The zero-order valence-electron chi connectivity index (χ0n) is 12.3. The summed E-state index contributed by atoms with van der Waals surface area (Å²) in [6, 6.07) is -0.491. The third-order valence-corrected chi connectivity index (χ3v) is 2.38. The maximum absolute atomic E-state index is 11.8. The summed E-state index contributed by atoms with van der Waals surface area (Å²) in [6.45, 7) is 9.24. The molecule has 0 radical (unpaired) electrons. The molecule has 0 unspecified atom stereocenters. The van der Waals surface area contributed by atoms with E-state index in [1.54, 1.807) is 13.8 Å². The van der Waals surface area contributed by atoms with E-state index in [-0.39, 0.29) is 18.6 Å². The lowest BCUT2D eigenvalue weighted by Gasteiger charge is -2.25. The van der Waals surface area contributed by atoms with E-state index in [4.69, 9.17) is 9.84 Å². The van der Waals surface area contributed by atoms with Crippen molar-refractivity contribution in [3.05, 3.63) is 0 Å². The minimum atomic E-state index is -1.01. The van der Waals surface area contributed by atoms with E-state index in [1.807, 2.05) is 0 Å². The lowest BCUT2D eigenvalue weighted by Crippen LogP contribution is -2.46. The topological polar surface area (TPSA) is 78.9 Å². The molecule has 0 atom stereocenters. The van der Waals surface area contributed by atoms with Gasteiger partial charge in [-0.3, -0.25) is 4.79 Å². The van der Waals surface area contributed by atoms with Crippen LogP contribution in [0.5, 0.6) is 0 Å². The first-order valence-electron chi connectivity index (χ1n) is 6.68. The fourth-order valence-electron chi connectivity index (χ4n) is 1.42. The van der Waals surface area contributed by atoms with Crippen LogP contribution in [0.3, 0.4) is 0 Å². The molecule has 19 heavy (non-hydrogen) atoms. The van der Waals surface area contributed by atoms with Gasteiger partial charge >= 0.3 is 12.0 Å². The molecule has 0 aromatic rings. The zero-order chi connectivity index (χ0) is 14.8. The van der Waals surface area contributed by atoms with Crippen molar-refractivity contribution in [1.82, 2.24) is 10.2 Å². The Hall–Kier alpha value is -1.30. The van der Waals surface area contributed by atoms with Crippen molar-refractivity contribution in [1.29, 1.82) is 0 Å². The molecule has 0 heterocycles. The monoisotopic (exact) mass is 274 g/mol. The number of rotatable bonds is 9. The number of carboxylic acid groups (broad SMARTS) is 1. The van der Waals surface area contributed by atoms with Gasteiger partial charge in [0, 0.05) is 25.8 Å². The Kier molecular flexibility index (Phi) is 8.95. The number of carboxylic acids is 1. The molecule has 0 spiro atoms. The Bertz CT molecular complexity index is 280. The molecular weight excluding hydrogens is 248 g/mol. The van der Waals surface area contributed by atoms with Crippen LogP contribution in [0.2, 0.25) is 0 Å². The van der Waals surface area contributed by atoms with Gasteiger partial charge in [-0.2, -0.15) is 0 Å². The number of ether oxygens (including phenoxy) is 1. The Morgan fingerprint density at radius 3 is 2.37 bits per heavy atom. The fourth-order valence-corrected chi connectivity index (χ4v) is 1.42. The zero-order valence-corrected chi connectivity index (χ0v) is 12.3. The largest absolute Gasteiger partial charge is 0.480 e. The average molecular weight is 274 g/mol. The molecule has 0 saturated heterocycles. The number of aliphatic carboxylic acids is 1. The van der Waals surface area contributed by atoms with Gasteiger partial charge in [0.05, 0.1) is 0 Å². The van der Waals surface area contributed by atoms with Crippen molar-refractivity contribution >= 4 is 12.0 Å². The van der Waals surface area contributed by atoms with Gasteiger partial charge in [-0.25, -0.2) is 4.79 Å². The first-order chi connectivity index (χ1) is 8.84. The summed E-state index contributed by atoms with van der Waals surface area (Å²) in [7, 11) is 0. The number of hydrogen-bond donors (Lipinski definition) is 2. The van der Waals surface area contributed by atoms with Crippen molar-refractivity contribution in [2.45, 2.75) is 40.2 Å². The van der Waals surface area contributed by atoms with Crippen LogP contribution in [0.25, 0.3) is 0 Å². The highest BCUT2D eigenvalue weighted by atomic mass is 16.5. The number of urea groups is 1. The smallest absolute Gasteiger partial charge is 0.323 e. The molecule has 0 rings (SSSR count). The van der Waals surface area contributed by atoms with Crippen LogP contribution in [-0.2, 0) is 9.53 Å². The molecule has 0 fully saturated rings. The lowest BCUT2D eigenvalue weighted by molar-refractivity contribution is -0.138. The van der Waals surface area contributed by atoms with Crippen LogP contribution < -0.4 is 5.32 Å². The molecular formula is C13H26N2O4. The van der Waals surface area contributed by atoms with Crippen molar-refractivity contribution in [2.75, 3.05) is 26.3 Å². The van der Waals surface area contributed by atoms with Crippen LogP contribution in [0, 0.1) is 5.92 Å². The van der Waals surface area contributed by atoms with Gasteiger partial charge in [-0.05, 0) is 26.2 Å². The Balaban J connectivity index is 3.84. The molecule has 2 amide bonds. The summed E-state index contributed by atoms with van der Waals surface area (Å²) in [4.78, 5) is 23.7. The van der Waals surface area contributed by atoms with Crippen LogP contribution in [0.4, 0.5) is 4.79 Å². The quantitative estimate of drug-likeness (QED) is 0.625. The van der Waals surface area contributed by atoms with E-state index in [0.717, 1.165) is 6.42 Å². The predicted octanol–water partition coefficient (Wildman–Crippen LogP) is 1.55. The summed E-state index contributed by atoms with van der Waals surface area (Å²) < 4.78 is 5.39. The SMILES string of the molecule is CC(C)COCCCNC(=O)N(CC(=O)O)C(C)C. The van der Waals surface area contributed by atoms with Gasteiger partial charge in [-0.15, -0.1) is 0 Å². The van der Waals surface area contributed by atoms with Crippen molar-refractivity contribution in [2.24, 2.45) is 5.92 Å². The van der Waals surface area contributed by atoms with Gasteiger partial charge in [0.25, 0.3) is 0 Å². The molecule has 0 aromatic carbocycles. The maximum Gasteiger partial charge on any atom is 0.323 e. The van der Waals surface area contributed by atoms with Gasteiger partial charge < -0.3 is 20.1 Å². The van der Waals surface area contributed by atoms with Crippen molar-refractivity contribution in [3.8, 4) is 0 Å². The van der Waals surface area contributed by atoms with Gasteiger partial charge in [0.1, 0.15) is 6.54 Å². The van der Waals surface area contributed by atoms with Crippen LogP contribution in [-0.4, -0.2) is 54.4 Å². The molecule has 6 heteroatoms. The normalized spacial score (nSPS) is 10.8. The minimum Gasteiger partial charge on any atom is -0.480 e. The minimum absolute atomic E-state index is 0.145. The highest BCUT2D eigenvalue weighted by Gasteiger charge is 2.18. The molecule has 112 valence electrons. The second-order valence-electron chi connectivity index (χ2n) is 5.17. The first-order valence-corrected chi connectivity index (χ1v) is 6.68. The van der Waals surface area contributed by atoms with E-state index in [1.165, 1.54) is 4.90 Å². The number of nitrogens with one attached hydrogen (secondary N) is 1. The van der Waals surface area contributed by atoms with E-state index in [0.29, 0.717) is 25.7 Å². The second-order valence-corrected chi connectivity index (χ2v) is 5.17. The third kappa shape index (κ3) is 9.30. The van der Waals surface area contributed by atoms with Gasteiger partial charge in [-0.1, -0.05) is 13.8 Å². The van der Waals surface area contributed by atoms with Crippen LogP contribution >= 0.6 is 0 Å². The average Bonchev–Trinajstić information content (AvgIpc) is 2.29. The summed E-state index contributed by atoms with van der Waals surface area (Å²) in [6.07, 6.45) is 0.720. The maximum atomic E-state index is 11.8. The van der Waals surface area contributed by atoms with E-state index >= 15 is 0 Å². The highest BCUT2D eigenvalue weighted by molar-refractivity contribution is 5.80. The lowest BCUT2D eigenvalue weighted by atomic mass is 10.2. The van der Waals surface area contributed by atoms with Crippen LogP contribution in [0.1, 0.15) is 34.1 Å². The van der Waals surface area contributed by atoms with Gasteiger partial charge in [0.15, 0.2) is 0 Å². The molecule has 0 aromatic heterocycles. The van der Waals surface area contributed by atoms with Crippen molar-refractivity contribution < 1.29 is 19.4 Å². The number of carbonyl (C=O) groups excluding carboxylic acids is 1. The summed E-state index contributed by atoms with van der Waals surface area (Å²) in [5.74, 6) is -0.509. The molecule has 2 N–H and O–H groups in total. The summed E-state index contributed by atoms with van der Waals surface area (Å²) >= 11 is 0. The fraction of sp³-hybridized carbons (Fsp3) is 0.846.